The van der Waals surface area contributed by atoms with E-state index in [1.165, 1.54) is 0 Å². The standard InChI is InChI=1S/C14H16N4O3S/c1-18(14-15-5-3-6-16-14)9-13(20)21-10-12(19)17-8-11-4-2-7-22-11/h2-7H,8-10H2,1H3,(H,17,19). The van der Waals surface area contributed by atoms with Crippen LogP contribution in [0.3, 0.4) is 0 Å². The Kier molecular flexibility index (Phi) is 5.84. The summed E-state index contributed by atoms with van der Waals surface area (Å²) in [5.74, 6) is -0.428. The fourth-order valence-electron chi connectivity index (χ4n) is 1.59. The molecule has 116 valence electrons. The third kappa shape index (κ3) is 5.13. The minimum Gasteiger partial charge on any atom is -0.454 e. The van der Waals surface area contributed by atoms with Crippen molar-refractivity contribution in [2.45, 2.75) is 6.54 Å². The predicted molar refractivity (Wildman–Crippen MR) is 82.4 cm³/mol. The fraction of sp³-hybridized carbons (Fsp3) is 0.286. The van der Waals surface area contributed by atoms with Gasteiger partial charge in [0.1, 0.15) is 6.54 Å². The molecule has 1 amide bonds. The molecule has 2 aromatic rings. The van der Waals surface area contributed by atoms with Gasteiger partial charge in [-0.25, -0.2) is 9.97 Å². The lowest BCUT2D eigenvalue weighted by Crippen LogP contribution is -2.32. The van der Waals surface area contributed by atoms with E-state index in [0.717, 1.165) is 4.88 Å². The average Bonchev–Trinajstić information content (AvgIpc) is 3.05. The third-order valence-corrected chi connectivity index (χ3v) is 3.54. The normalized spacial score (nSPS) is 10.0. The highest BCUT2D eigenvalue weighted by Crippen LogP contribution is 2.07. The highest BCUT2D eigenvalue weighted by molar-refractivity contribution is 7.09. The number of nitrogens with one attached hydrogen (secondary N) is 1. The molecular formula is C14H16N4O3S. The number of likely N-dealkylation sites (N-methyl/N-ethyl adjacent to an activating group) is 1. The molecule has 0 spiro atoms. The van der Waals surface area contributed by atoms with Crippen molar-refractivity contribution in [2.75, 3.05) is 25.1 Å². The zero-order valence-electron chi connectivity index (χ0n) is 12.1. The van der Waals surface area contributed by atoms with E-state index in [2.05, 4.69) is 15.3 Å². The smallest absolute Gasteiger partial charge is 0.326 e. The molecule has 0 aliphatic rings. The second kappa shape index (κ2) is 8.08. The molecule has 2 aromatic heterocycles. The second-order valence-corrected chi connectivity index (χ2v) is 5.45. The van der Waals surface area contributed by atoms with Gasteiger partial charge < -0.3 is 15.0 Å². The van der Waals surface area contributed by atoms with E-state index in [1.54, 1.807) is 41.7 Å². The molecule has 2 heterocycles. The van der Waals surface area contributed by atoms with Gasteiger partial charge >= 0.3 is 5.97 Å². The molecule has 0 bridgehead atoms. The number of amides is 1. The van der Waals surface area contributed by atoms with Crippen LogP contribution in [0.25, 0.3) is 0 Å². The lowest BCUT2D eigenvalue weighted by Gasteiger charge is -2.15. The molecule has 0 saturated heterocycles. The summed E-state index contributed by atoms with van der Waals surface area (Å²) in [5.41, 5.74) is 0. The number of hydrogen-bond acceptors (Lipinski definition) is 7. The van der Waals surface area contributed by atoms with Crippen LogP contribution in [-0.2, 0) is 20.9 Å². The van der Waals surface area contributed by atoms with E-state index in [9.17, 15) is 9.59 Å². The highest BCUT2D eigenvalue weighted by atomic mass is 32.1. The Morgan fingerprint density at radius 3 is 2.77 bits per heavy atom. The Hall–Kier alpha value is -2.48. The number of rotatable bonds is 7. The number of carbonyl (C=O) groups is 2. The number of nitrogens with zero attached hydrogens (tertiary/aromatic N) is 3. The summed E-state index contributed by atoms with van der Waals surface area (Å²) >= 11 is 1.55. The maximum Gasteiger partial charge on any atom is 0.326 e. The van der Waals surface area contributed by atoms with E-state index in [4.69, 9.17) is 4.74 Å². The van der Waals surface area contributed by atoms with E-state index in [0.29, 0.717) is 12.5 Å². The van der Waals surface area contributed by atoms with Crippen molar-refractivity contribution in [2.24, 2.45) is 0 Å². The number of anilines is 1. The summed E-state index contributed by atoms with van der Waals surface area (Å²) in [4.78, 5) is 33.9. The summed E-state index contributed by atoms with van der Waals surface area (Å²) in [6.07, 6.45) is 3.17. The first-order valence-corrected chi connectivity index (χ1v) is 7.46. The molecule has 8 heteroatoms. The van der Waals surface area contributed by atoms with Crippen molar-refractivity contribution in [1.29, 1.82) is 0 Å². The van der Waals surface area contributed by atoms with E-state index in [-0.39, 0.29) is 19.1 Å². The minimum atomic E-state index is -0.513. The quantitative estimate of drug-likeness (QED) is 0.761. The van der Waals surface area contributed by atoms with Crippen molar-refractivity contribution >= 4 is 29.2 Å². The summed E-state index contributed by atoms with van der Waals surface area (Å²) < 4.78 is 4.92. The Labute approximate surface area is 132 Å². The maximum absolute atomic E-state index is 11.7. The molecular weight excluding hydrogens is 304 g/mol. The predicted octanol–water partition coefficient (Wildman–Crippen LogP) is 0.834. The third-order valence-electron chi connectivity index (χ3n) is 2.66. The Morgan fingerprint density at radius 1 is 1.32 bits per heavy atom. The first-order chi connectivity index (χ1) is 10.6. The van der Waals surface area contributed by atoms with E-state index < -0.39 is 5.97 Å². The van der Waals surface area contributed by atoms with Crippen LogP contribution in [0.15, 0.2) is 36.0 Å². The molecule has 7 nitrogen and oxygen atoms in total. The zero-order chi connectivity index (χ0) is 15.8. The Morgan fingerprint density at radius 2 is 2.09 bits per heavy atom. The van der Waals surface area contributed by atoms with Crippen molar-refractivity contribution in [3.8, 4) is 0 Å². The number of aromatic nitrogens is 2. The van der Waals surface area contributed by atoms with Crippen LogP contribution in [0.2, 0.25) is 0 Å². The SMILES string of the molecule is CN(CC(=O)OCC(=O)NCc1cccs1)c1ncccn1. The van der Waals surface area contributed by atoms with Crippen molar-refractivity contribution < 1.29 is 14.3 Å². The number of carbonyl (C=O) groups excluding carboxylic acids is 2. The van der Waals surface area contributed by atoms with Crippen molar-refractivity contribution in [3.05, 3.63) is 40.8 Å². The van der Waals surface area contributed by atoms with Crippen molar-refractivity contribution in [3.63, 3.8) is 0 Å². The molecule has 0 aliphatic carbocycles. The van der Waals surface area contributed by atoms with Crippen molar-refractivity contribution in [1.82, 2.24) is 15.3 Å². The maximum atomic E-state index is 11.7. The summed E-state index contributed by atoms with van der Waals surface area (Å²) in [6.45, 7) is 0.113. The van der Waals surface area contributed by atoms with Gasteiger partial charge in [-0.3, -0.25) is 9.59 Å². The molecule has 0 aliphatic heterocycles. The fourth-order valence-corrected chi connectivity index (χ4v) is 2.24. The van der Waals surface area contributed by atoms with Gasteiger partial charge in [-0.05, 0) is 17.5 Å². The Balaban J connectivity index is 1.67. The highest BCUT2D eigenvalue weighted by Gasteiger charge is 2.12. The van der Waals surface area contributed by atoms with Crippen LogP contribution in [0.4, 0.5) is 5.95 Å². The van der Waals surface area contributed by atoms with Crippen LogP contribution >= 0.6 is 11.3 Å². The van der Waals surface area contributed by atoms with Gasteiger partial charge in [-0.15, -0.1) is 11.3 Å². The van der Waals surface area contributed by atoms with E-state index in [1.807, 2.05) is 17.5 Å². The molecule has 0 aromatic carbocycles. The number of hydrogen-bond donors (Lipinski definition) is 1. The summed E-state index contributed by atoms with van der Waals surface area (Å²) in [7, 11) is 1.67. The second-order valence-electron chi connectivity index (χ2n) is 4.42. The van der Waals surface area contributed by atoms with Gasteiger partial charge in [0.2, 0.25) is 5.95 Å². The van der Waals surface area contributed by atoms with Gasteiger partial charge in [-0.2, -0.15) is 0 Å². The molecule has 0 fully saturated rings. The van der Waals surface area contributed by atoms with Crippen LogP contribution in [-0.4, -0.2) is 42.0 Å². The van der Waals surface area contributed by atoms with Gasteiger partial charge in [0.05, 0.1) is 6.54 Å². The van der Waals surface area contributed by atoms with Crippen LogP contribution in [0.5, 0.6) is 0 Å². The zero-order valence-corrected chi connectivity index (χ0v) is 12.9. The van der Waals surface area contributed by atoms with Gasteiger partial charge in [0.15, 0.2) is 6.61 Å². The monoisotopic (exact) mass is 320 g/mol. The first kappa shape index (κ1) is 15.9. The molecule has 1 N–H and O–H groups in total. The number of ether oxygens (including phenoxy) is 1. The van der Waals surface area contributed by atoms with Gasteiger partial charge in [-0.1, -0.05) is 6.07 Å². The molecule has 0 unspecified atom stereocenters. The summed E-state index contributed by atoms with van der Waals surface area (Å²) in [6, 6.07) is 5.52. The van der Waals surface area contributed by atoms with E-state index >= 15 is 0 Å². The minimum absolute atomic E-state index is 0.0256. The molecule has 2 rings (SSSR count). The van der Waals surface area contributed by atoms with Crippen LogP contribution in [0, 0.1) is 0 Å². The lowest BCUT2D eigenvalue weighted by atomic mass is 10.4. The lowest BCUT2D eigenvalue weighted by molar-refractivity contribution is -0.147. The first-order valence-electron chi connectivity index (χ1n) is 6.58. The topological polar surface area (TPSA) is 84.4 Å². The van der Waals surface area contributed by atoms with Gasteiger partial charge in [0, 0.05) is 24.3 Å². The number of thiophene rings is 1. The largest absolute Gasteiger partial charge is 0.454 e. The summed E-state index contributed by atoms with van der Waals surface area (Å²) in [5, 5.41) is 4.61. The molecule has 22 heavy (non-hydrogen) atoms. The van der Waals surface area contributed by atoms with Crippen LogP contribution < -0.4 is 10.2 Å². The number of esters is 1. The van der Waals surface area contributed by atoms with Gasteiger partial charge in [0.25, 0.3) is 5.91 Å². The van der Waals surface area contributed by atoms with Crippen LogP contribution in [0.1, 0.15) is 4.88 Å². The Bertz CT molecular complexity index is 604. The average molecular weight is 320 g/mol. The molecule has 0 saturated carbocycles. The molecule has 0 radical (unpaired) electrons. The molecule has 0 atom stereocenters.